The lowest BCUT2D eigenvalue weighted by atomic mass is 10.0. The van der Waals surface area contributed by atoms with Crippen molar-refractivity contribution < 1.29 is 10.2 Å². The highest BCUT2D eigenvalue weighted by molar-refractivity contribution is 9.10. The highest BCUT2D eigenvalue weighted by Gasteiger charge is 2.29. The first-order valence-corrected chi connectivity index (χ1v) is 21.2. The molecule has 2 saturated carbocycles. The fraction of sp³-hybridized carbons (Fsp3) is 0.200. The monoisotopic (exact) mass is 868 g/mol. The Kier molecular flexibility index (Phi) is 12.5. The fourth-order valence-electron chi connectivity index (χ4n) is 7.47. The standard InChI is InChI=1S/C25H22N4O.C18H13BrN4.C7H10O/c30-25(13-4-5-14-25)15-10-19-8-9-20-12-17-29(22(20)18-19)23-11-16-26-24(28-23)27-21-6-2-1-3-7-21;19-14-7-6-13-9-11-23(16(13)12-14)17-8-10-20-18(22-17)21-15-4-2-1-3-5-15;1-2-7(8)5-3-4-6-7/h1-3,6-9,11-12,16-18,30H,4-5,13-14H2,(H,26,27,28);1-12H,(H,20,21,22);1,8H,3-6H2. The lowest BCUT2D eigenvalue weighted by molar-refractivity contribution is 0.109. The third-order valence-corrected chi connectivity index (χ3v) is 11.2. The lowest BCUT2D eigenvalue weighted by Gasteiger charge is -2.12. The molecule has 0 aliphatic heterocycles. The normalized spacial score (nSPS) is 14.7. The van der Waals surface area contributed by atoms with Gasteiger partial charge < -0.3 is 30.0 Å². The van der Waals surface area contributed by atoms with Gasteiger partial charge in [0.15, 0.2) is 0 Å². The van der Waals surface area contributed by atoms with Crippen LogP contribution in [0.5, 0.6) is 0 Å². The van der Waals surface area contributed by atoms with Crippen LogP contribution in [0.15, 0.2) is 151 Å². The molecule has 8 aromatic rings. The summed E-state index contributed by atoms with van der Waals surface area (Å²) in [5.41, 5.74) is 3.34. The Morgan fingerprint density at radius 2 is 1.08 bits per heavy atom. The fourth-order valence-corrected chi connectivity index (χ4v) is 7.82. The van der Waals surface area contributed by atoms with Crippen LogP contribution in [0, 0.1) is 24.2 Å². The number of anilines is 4. The Morgan fingerprint density at radius 1 is 0.590 bits per heavy atom. The Balaban J connectivity index is 0.000000146. The van der Waals surface area contributed by atoms with Gasteiger partial charge in [-0.25, -0.2) is 9.97 Å². The predicted octanol–water partition coefficient (Wildman–Crippen LogP) is 10.7. The summed E-state index contributed by atoms with van der Waals surface area (Å²) in [6.07, 6.45) is 20.0. The highest BCUT2D eigenvalue weighted by Crippen LogP contribution is 2.30. The molecule has 0 unspecified atom stereocenters. The summed E-state index contributed by atoms with van der Waals surface area (Å²) in [5, 5.41) is 28.5. The molecule has 0 bridgehead atoms. The van der Waals surface area contributed by atoms with Crippen molar-refractivity contribution in [1.82, 2.24) is 29.1 Å². The van der Waals surface area contributed by atoms with Gasteiger partial charge in [0.25, 0.3) is 0 Å². The summed E-state index contributed by atoms with van der Waals surface area (Å²) in [7, 11) is 0. The van der Waals surface area contributed by atoms with E-state index < -0.39 is 11.2 Å². The third-order valence-electron chi connectivity index (χ3n) is 10.8. The number of nitrogens with zero attached hydrogens (tertiary/aromatic N) is 6. The Labute approximate surface area is 363 Å². The number of nitrogens with one attached hydrogen (secondary N) is 2. The molecule has 10 rings (SSSR count). The van der Waals surface area contributed by atoms with Crippen LogP contribution in [0.4, 0.5) is 23.3 Å². The summed E-state index contributed by atoms with van der Waals surface area (Å²) in [6, 6.07) is 40.0. The molecule has 61 heavy (non-hydrogen) atoms. The zero-order valence-corrected chi connectivity index (χ0v) is 35.1. The quantitative estimate of drug-likeness (QED) is 0.122. The summed E-state index contributed by atoms with van der Waals surface area (Å²) in [6.45, 7) is 0. The second-order valence-corrected chi connectivity index (χ2v) is 16.1. The van der Waals surface area contributed by atoms with Crippen molar-refractivity contribution in [3.8, 4) is 35.8 Å². The number of hydrogen-bond acceptors (Lipinski definition) is 8. The van der Waals surface area contributed by atoms with Gasteiger partial charge in [-0.1, -0.05) is 82.2 Å². The van der Waals surface area contributed by atoms with E-state index in [4.69, 9.17) is 6.42 Å². The number of aromatic nitrogens is 6. The zero-order valence-electron chi connectivity index (χ0n) is 33.5. The van der Waals surface area contributed by atoms with Crippen molar-refractivity contribution in [3.63, 3.8) is 0 Å². The third kappa shape index (κ3) is 10.3. The number of rotatable bonds is 6. The maximum absolute atomic E-state index is 10.5. The molecule has 11 heteroatoms. The minimum atomic E-state index is -0.832. The zero-order chi connectivity index (χ0) is 42.1. The van der Waals surface area contributed by atoms with Crippen LogP contribution >= 0.6 is 15.9 Å². The van der Waals surface area contributed by atoms with Gasteiger partial charge in [-0.05, 0) is 124 Å². The van der Waals surface area contributed by atoms with Gasteiger partial charge in [0, 0.05) is 57.0 Å². The molecule has 10 nitrogen and oxygen atoms in total. The lowest BCUT2D eigenvalue weighted by Crippen LogP contribution is -2.20. The number of halogens is 1. The maximum atomic E-state index is 10.5. The number of hydrogen-bond donors (Lipinski definition) is 4. The maximum Gasteiger partial charge on any atom is 0.229 e. The minimum Gasteiger partial charge on any atom is -0.378 e. The van der Waals surface area contributed by atoms with E-state index in [0.717, 1.165) is 101 Å². The first-order valence-electron chi connectivity index (χ1n) is 20.4. The van der Waals surface area contributed by atoms with E-state index in [1.807, 2.05) is 108 Å². The molecule has 4 aromatic carbocycles. The predicted molar refractivity (Wildman–Crippen MR) is 247 cm³/mol. The number of para-hydroxylation sites is 2. The van der Waals surface area contributed by atoms with Crippen molar-refractivity contribution >= 4 is 61.0 Å². The van der Waals surface area contributed by atoms with Crippen LogP contribution in [-0.2, 0) is 0 Å². The Bertz CT molecular complexity index is 2840. The first kappa shape index (κ1) is 41.0. The molecule has 2 aliphatic carbocycles. The minimum absolute atomic E-state index is 0.542. The van der Waals surface area contributed by atoms with Gasteiger partial charge in [-0.15, -0.1) is 6.42 Å². The van der Waals surface area contributed by atoms with E-state index in [1.54, 1.807) is 12.4 Å². The topological polar surface area (TPSA) is 126 Å². The Hall–Kier alpha value is -6.76. The van der Waals surface area contributed by atoms with Crippen molar-refractivity contribution in [2.24, 2.45) is 0 Å². The van der Waals surface area contributed by atoms with Gasteiger partial charge in [0.05, 0.1) is 11.0 Å². The number of fused-ring (bicyclic) bond motifs is 2. The molecule has 0 saturated heterocycles. The van der Waals surface area contributed by atoms with Crippen LogP contribution in [-0.4, -0.2) is 50.5 Å². The second kappa shape index (κ2) is 18.7. The van der Waals surface area contributed by atoms with E-state index in [9.17, 15) is 10.2 Å². The smallest absolute Gasteiger partial charge is 0.229 e. The molecule has 4 heterocycles. The molecule has 0 amide bonds. The molecule has 4 aromatic heterocycles. The van der Waals surface area contributed by atoms with Crippen LogP contribution in [0.3, 0.4) is 0 Å². The number of aliphatic hydroxyl groups is 2. The molecule has 0 atom stereocenters. The molecule has 304 valence electrons. The SMILES string of the molecule is Brc1ccc2ccn(-c3ccnc(Nc4ccccc4)n3)c2c1.C#CC1(O)CCCC1.OC1(C#Cc2ccc3ccn(-c4ccnc(Nc5ccccc5)n4)c3c2)CCCC1. The van der Waals surface area contributed by atoms with Crippen molar-refractivity contribution in [2.75, 3.05) is 10.6 Å². The summed E-state index contributed by atoms with van der Waals surface area (Å²) < 4.78 is 5.13. The molecule has 4 N–H and O–H groups in total. The van der Waals surface area contributed by atoms with Gasteiger partial charge in [0.2, 0.25) is 11.9 Å². The summed E-state index contributed by atoms with van der Waals surface area (Å²) in [4.78, 5) is 17.9. The van der Waals surface area contributed by atoms with Crippen LogP contribution in [0.2, 0.25) is 0 Å². The molecule has 2 fully saturated rings. The largest absolute Gasteiger partial charge is 0.378 e. The Morgan fingerprint density at radius 3 is 1.59 bits per heavy atom. The van der Waals surface area contributed by atoms with E-state index in [0.29, 0.717) is 11.9 Å². The van der Waals surface area contributed by atoms with E-state index >= 15 is 0 Å². The summed E-state index contributed by atoms with van der Waals surface area (Å²) >= 11 is 3.52. The van der Waals surface area contributed by atoms with Gasteiger partial charge in [-0.3, -0.25) is 0 Å². The van der Waals surface area contributed by atoms with Gasteiger partial charge >= 0.3 is 0 Å². The van der Waals surface area contributed by atoms with Crippen LogP contribution < -0.4 is 10.6 Å². The first-order chi connectivity index (χ1) is 29.7. The average molecular weight is 870 g/mol. The van der Waals surface area contributed by atoms with E-state index in [-0.39, 0.29) is 0 Å². The number of benzene rings is 4. The van der Waals surface area contributed by atoms with Crippen molar-refractivity contribution in [2.45, 2.75) is 62.6 Å². The van der Waals surface area contributed by atoms with Gasteiger partial charge in [-0.2, -0.15) is 9.97 Å². The van der Waals surface area contributed by atoms with E-state index in [2.05, 4.69) is 99.2 Å². The van der Waals surface area contributed by atoms with Crippen molar-refractivity contribution in [3.05, 3.63) is 156 Å². The summed E-state index contributed by atoms with van der Waals surface area (Å²) in [5.74, 6) is 11.4. The molecule has 0 spiro atoms. The van der Waals surface area contributed by atoms with Crippen LogP contribution in [0.25, 0.3) is 33.4 Å². The molecular weight excluding hydrogens is 825 g/mol. The van der Waals surface area contributed by atoms with Crippen molar-refractivity contribution in [1.29, 1.82) is 0 Å². The van der Waals surface area contributed by atoms with Gasteiger partial charge in [0.1, 0.15) is 22.8 Å². The average Bonchev–Trinajstić information content (AvgIpc) is 4.12. The molecule has 0 radical (unpaired) electrons. The van der Waals surface area contributed by atoms with E-state index in [1.165, 1.54) is 5.39 Å². The second-order valence-electron chi connectivity index (χ2n) is 15.2. The molecule has 2 aliphatic rings. The molecular formula is C50H45BrN8O2. The highest BCUT2D eigenvalue weighted by atomic mass is 79.9. The van der Waals surface area contributed by atoms with Crippen LogP contribution in [0.1, 0.15) is 56.9 Å². The number of terminal acetylenes is 1.